The van der Waals surface area contributed by atoms with Gasteiger partial charge >= 0.3 is 18.0 Å². The molecule has 0 aromatic heterocycles. The molecule has 3 aliphatic rings. The van der Waals surface area contributed by atoms with E-state index >= 15 is 0 Å². The zero-order valence-electron chi connectivity index (χ0n) is 20.6. The second kappa shape index (κ2) is 12.0. The molecule has 8 heteroatoms. The number of ether oxygens (including phenoxy) is 1. The summed E-state index contributed by atoms with van der Waals surface area (Å²) in [5.41, 5.74) is 0.965. The predicted octanol–water partition coefficient (Wildman–Crippen LogP) is 9.28. The Bertz CT molecular complexity index is 717. The summed E-state index contributed by atoms with van der Waals surface area (Å²) in [6, 6.07) is 0. The van der Waals surface area contributed by atoms with Crippen LogP contribution in [0.4, 0.5) is 30.7 Å². The van der Waals surface area contributed by atoms with Crippen molar-refractivity contribution in [1.82, 2.24) is 0 Å². The average Bonchev–Trinajstić information content (AvgIpc) is 2.85. The fraction of sp³-hybridized carbons (Fsp3) is 0.852. The maximum Gasteiger partial charge on any atom is 0.426 e. The van der Waals surface area contributed by atoms with E-state index in [2.05, 4.69) is 11.7 Å². The smallest absolute Gasteiger partial charge is 0.308 e. The minimum absolute atomic E-state index is 0.110. The molecule has 0 amide bonds. The molecule has 0 bridgehead atoms. The maximum absolute atomic E-state index is 13.8. The molecule has 202 valence electrons. The number of rotatable bonds is 11. The molecule has 35 heavy (non-hydrogen) atoms. The third kappa shape index (κ3) is 6.84. The molecule has 0 aromatic rings. The number of unbranched alkanes of at least 4 members (excludes halogenated alkanes) is 2. The van der Waals surface area contributed by atoms with Gasteiger partial charge in [0, 0.05) is 0 Å². The van der Waals surface area contributed by atoms with Gasteiger partial charge in [0.25, 0.3) is 0 Å². The molecule has 3 aliphatic carbocycles. The first-order valence-electron chi connectivity index (χ1n) is 13.3. The van der Waals surface area contributed by atoms with Gasteiger partial charge in [0.2, 0.25) is 0 Å². The van der Waals surface area contributed by atoms with E-state index in [1.807, 2.05) is 0 Å². The fourth-order valence-corrected chi connectivity index (χ4v) is 6.12. The Hall–Kier alpha value is -1.05. The SMILES string of the molecule is CCCCC[C@H]1CC[C@H](C2CCC(C3=CCC(OC(F)(F)C(F)(F)C(F)(F)CF)C=C3)CC2)CC1. The van der Waals surface area contributed by atoms with E-state index in [1.165, 1.54) is 57.4 Å². The molecule has 0 aromatic carbocycles. The van der Waals surface area contributed by atoms with Crippen molar-refractivity contribution in [3.8, 4) is 0 Å². The number of alkyl halides is 7. The summed E-state index contributed by atoms with van der Waals surface area (Å²) in [5, 5.41) is 0. The highest BCUT2D eigenvalue weighted by molar-refractivity contribution is 5.27. The highest BCUT2D eigenvalue weighted by atomic mass is 19.4. The molecule has 0 aliphatic heterocycles. The standard InChI is InChI=1S/C27H39F7O/c1-2-3-4-5-19-6-8-20(9-7-19)21-10-12-22(13-11-21)23-14-16-24(17-15-23)35-27(33,34)26(31,32)25(29,30)18-28/h14-16,19-22,24H,2-13,17-18H2,1H3/t19-,20-,21?,22?,24?. The van der Waals surface area contributed by atoms with Crippen LogP contribution in [0.15, 0.2) is 23.8 Å². The van der Waals surface area contributed by atoms with Crippen molar-refractivity contribution >= 4 is 0 Å². The first kappa shape index (κ1) is 28.5. The molecule has 2 saturated carbocycles. The van der Waals surface area contributed by atoms with Crippen molar-refractivity contribution in [3.63, 3.8) is 0 Å². The van der Waals surface area contributed by atoms with Crippen molar-refractivity contribution in [2.75, 3.05) is 6.67 Å². The van der Waals surface area contributed by atoms with Crippen LogP contribution >= 0.6 is 0 Å². The first-order valence-corrected chi connectivity index (χ1v) is 13.3. The first-order chi connectivity index (χ1) is 16.5. The summed E-state index contributed by atoms with van der Waals surface area (Å²) in [7, 11) is 0. The summed E-state index contributed by atoms with van der Waals surface area (Å²) in [6.07, 6.45) is 12.3. The van der Waals surface area contributed by atoms with Gasteiger partial charge in [-0.2, -0.15) is 26.3 Å². The molecule has 1 atom stereocenters. The predicted molar refractivity (Wildman–Crippen MR) is 123 cm³/mol. The van der Waals surface area contributed by atoms with Crippen molar-refractivity contribution in [2.45, 2.75) is 114 Å². The molecule has 0 heterocycles. The minimum atomic E-state index is -5.94. The number of allylic oxidation sites excluding steroid dienone is 2. The average molecular weight is 513 g/mol. The van der Waals surface area contributed by atoms with Gasteiger partial charge in [-0.25, -0.2) is 4.39 Å². The Morgan fingerprint density at radius 1 is 0.857 bits per heavy atom. The van der Waals surface area contributed by atoms with Crippen molar-refractivity contribution in [3.05, 3.63) is 23.8 Å². The van der Waals surface area contributed by atoms with Gasteiger partial charge in [-0.3, -0.25) is 0 Å². The van der Waals surface area contributed by atoms with Crippen LogP contribution < -0.4 is 0 Å². The zero-order chi connectivity index (χ0) is 25.7. The largest absolute Gasteiger partial charge is 0.426 e. The third-order valence-corrected chi connectivity index (χ3v) is 8.40. The van der Waals surface area contributed by atoms with Gasteiger partial charge in [-0.15, -0.1) is 0 Å². The normalized spacial score (nSPS) is 30.9. The molecule has 3 rings (SSSR count). The van der Waals surface area contributed by atoms with Crippen molar-refractivity contribution in [1.29, 1.82) is 0 Å². The quantitative estimate of drug-likeness (QED) is 0.198. The summed E-state index contributed by atoms with van der Waals surface area (Å²) in [4.78, 5) is 0. The van der Waals surface area contributed by atoms with Crippen LogP contribution in [0.5, 0.6) is 0 Å². The Balaban J connectivity index is 1.43. The van der Waals surface area contributed by atoms with Gasteiger partial charge < -0.3 is 4.74 Å². The lowest BCUT2D eigenvalue weighted by Crippen LogP contribution is -2.57. The van der Waals surface area contributed by atoms with Crippen molar-refractivity contribution in [2.24, 2.45) is 23.7 Å². The van der Waals surface area contributed by atoms with E-state index in [4.69, 9.17) is 0 Å². The van der Waals surface area contributed by atoms with Crippen LogP contribution in [0.2, 0.25) is 0 Å². The van der Waals surface area contributed by atoms with Crippen LogP contribution in [-0.4, -0.2) is 30.7 Å². The van der Waals surface area contributed by atoms with Crippen LogP contribution in [0, 0.1) is 23.7 Å². The fourth-order valence-electron chi connectivity index (χ4n) is 6.12. The molecule has 1 unspecified atom stereocenters. The van der Waals surface area contributed by atoms with Gasteiger partial charge in [0.05, 0.1) is 6.10 Å². The molecule has 0 N–H and O–H groups in total. The summed E-state index contributed by atoms with van der Waals surface area (Å²) in [5.74, 6) is -8.77. The van der Waals surface area contributed by atoms with E-state index in [0.717, 1.165) is 49.0 Å². The molecule has 0 spiro atoms. The van der Waals surface area contributed by atoms with E-state index < -0.39 is 30.7 Å². The lowest BCUT2D eigenvalue weighted by Gasteiger charge is -2.38. The summed E-state index contributed by atoms with van der Waals surface area (Å²) >= 11 is 0. The van der Waals surface area contributed by atoms with Gasteiger partial charge in [0.15, 0.2) is 6.67 Å². The number of hydrogen-bond acceptors (Lipinski definition) is 1. The van der Waals surface area contributed by atoms with E-state index in [-0.39, 0.29) is 12.3 Å². The Kier molecular flexibility index (Phi) is 9.78. The summed E-state index contributed by atoms with van der Waals surface area (Å²) in [6.45, 7) is -0.661. The summed E-state index contributed by atoms with van der Waals surface area (Å²) < 4.78 is 96.8. The zero-order valence-corrected chi connectivity index (χ0v) is 20.6. The van der Waals surface area contributed by atoms with Crippen LogP contribution in [0.3, 0.4) is 0 Å². The molecule has 1 nitrogen and oxygen atoms in total. The van der Waals surface area contributed by atoms with E-state index in [1.54, 1.807) is 12.2 Å². The molecule has 2 fully saturated rings. The highest BCUT2D eigenvalue weighted by Gasteiger charge is 2.73. The Morgan fingerprint density at radius 3 is 1.97 bits per heavy atom. The van der Waals surface area contributed by atoms with E-state index in [9.17, 15) is 30.7 Å². The second-order valence-corrected chi connectivity index (χ2v) is 10.8. The van der Waals surface area contributed by atoms with Crippen LogP contribution in [-0.2, 0) is 4.74 Å². The van der Waals surface area contributed by atoms with Gasteiger partial charge in [-0.05, 0) is 74.2 Å². The van der Waals surface area contributed by atoms with Crippen LogP contribution in [0.1, 0.15) is 90.4 Å². The molecule has 0 radical (unpaired) electrons. The highest BCUT2D eigenvalue weighted by Crippen LogP contribution is 2.48. The lowest BCUT2D eigenvalue weighted by molar-refractivity contribution is -0.405. The van der Waals surface area contributed by atoms with E-state index in [0.29, 0.717) is 0 Å². The third-order valence-electron chi connectivity index (χ3n) is 8.40. The topological polar surface area (TPSA) is 9.23 Å². The van der Waals surface area contributed by atoms with Crippen molar-refractivity contribution < 1.29 is 35.5 Å². The minimum Gasteiger partial charge on any atom is -0.308 e. The molecular weight excluding hydrogens is 473 g/mol. The number of halogens is 7. The van der Waals surface area contributed by atoms with Gasteiger partial charge in [-0.1, -0.05) is 63.7 Å². The Morgan fingerprint density at radius 2 is 1.46 bits per heavy atom. The Labute approximate surface area is 204 Å². The molecular formula is C27H39F7O. The van der Waals surface area contributed by atoms with Crippen LogP contribution in [0.25, 0.3) is 0 Å². The lowest BCUT2D eigenvalue weighted by atomic mass is 9.67. The monoisotopic (exact) mass is 512 g/mol. The van der Waals surface area contributed by atoms with Gasteiger partial charge in [0.1, 0.15) is 0 Å². The maximum atomic E-state index is 13.8. The number of hydrogen-bond donors (Lipinski definition) is 0. The molecule has 0 saturated heterocycles. The second-order valence-electron chi connectivity index (χ2n) is 10.8.